The van der Waals surface area contributed by atoms with Crippen LogP contribution in [0.15, 0.2) is 36.7 Å². The molecule has 0 saturated carbocycles. The Morgan fingerprint density at radius 2 is 2.00 bits per heavy atom. The number of nitrogens with zero attached hydrogens (tertiary/aromatic N) is 4. The first-order valence-corrected chi connectivity index (χ1v) is 10.2. The fourth-order valence-corrected chi connectivity index (χ4v) is 3.41. The summed E-state index contributed by atoms with van der Waals surface area (Å²) in [7, 11) is 0. The van der Waals surface area contributed by atoms with Gasteiger partial charge in [-0.25, -0.2) is 0 Å². The number of halogens is 3. The van der Waals surface area contributed by atoms with E-state index in [2.05, 4.69) is 20.8 Å². The molecule has 3 aromatic rings. The smallest absolute Gasteiger partial charge is 0.170 e. The topological polar surface area (TPSA) is 59.7 Å². The molecule has 0 saturated heterocycles. The van der Waals surface area contributed by atoms with Gasteiger partial charge in [0.2, 0.25) is 0 Å². The van der Waals surface area contributed by atoms with E-state index in [9.17, 15) is 0 Å². The maximum Gasteiger partial charge on any atom is 0.170 e. The molecule has 0 atom stereocenters. The quantitative estimate of drug-likeness (QED) is 0.395. The number of anilines is 1. The summed E-state index contributed by atoms with van der Waals surface area (Å²) in [5.41, 5.74) is 2.54. The van der Waals surface area contributed by atoms with Crippen LogP contribution in [0, 0.1) is 6.92 Å². The average Bonchev–Trinajstić information content (AvgIpc) is 3.20. The van der Waals surface area contributed by atoms with Gasteiger partial charge in [-0.1, -0.05) is 53.0 Å². The minimum absolute atomic E-state index is 0.464. The van der Waals surface area contributed by atoms with Crippen molar-refractivity contribution in [2.75, 3.05) is 11.9 Å². The molecule has 6 nitrogen and oxygen atoms in total. The summed E-state index contributed by atoms with van der Waals surface area (Å²) in [4.78, 5) is 0. The highest BCUT2D eigenvalue weighted by atomic mass is 35.5. The number of hydrogen-bond acceptors (Lipinski definition) is 3. The molecule has 0 aliphatic carbocycles. The Labute approximate surface area is 183 Å². The van der Waals surface area contributed by atoms with Crippen molar-refractivity contribution in [2.24, 2.45) is 0 Å². The molecular formula is C18H19Cl3N6S. The van der Waals surface area contributed by atoms with E-state index in [1.54, 1.807) is 15.6 Å². The molecule has 0 aliphatic heterocycles. The summed E-state index contributed by atoms with van der Waals surface area (Å²) < 4.78 is 3.49. The van der Waals surface area contributed by atoms with Gasteiger partial charge in [-0.05, 0) is 37.2 Å². The van der Waals surface area contributed by atoms with Crippen molar-refractivity contribution in [1.29, 1.82) is 0 Å². The summed E-state index contributed by atoms with van der Waals surface area (Å²) in [5.74, 6) is 0. The molecule has 0 bridgehead atoms. The minimum atomic E-state index is 0.464. The molecule has 0 aliphatic rings. The van der Waals surface area contributed by atoms with Crippen LogP contribution in [-0.2, 0) is 13.1 Å². The number of benzene rings is 1. The zero-order valence-electron chi connectivity index (χ0n) is 15.1. The van der Waals surface area contributed by atoms with Gasteiger partial charge in [-0.2, -0.15) is 10.2 Å². The lowest BCUT2D eigenvalue weighted by molar-refractivity contribution is 0.571. The molecule has 0 amide bonds. The van der Waals surface area contributed by atoms with E-state index in [0.717, 1.165) is 28.4 Å². The second-order valence-electron chi connectivity index (χ2n) is 6.17. The Morgan fingerprint density at radius 3 is 2.71 bits per heavy atom. The molecule has 0 unspecified atom stereocenters. The Bertz CT molecular complexity index is 968. The molecule has 0 radical (unpaired) electrons. The van der Waals surface area contributed by atoms with E-state index in [4.69, 9.17) is 47.0 Å². The van der Waals surface area contributed by atoms with Crippen LogP contribution in [0.2, 0.25) is 15.2 Å². The number of aromatic nitrogens is 4. The van der Waals surface area contributed by atoms with Crippen molar-refractivity contribution in [2.45, 2.75) is 26.4 Å². The monoisotopic (exact) mass is 456 g/mol. The molecule has 0 spiro atoms. The summed E-state index contributed by atoms with van der Waals surface area (Å²) in [6, 6.07) is 7.70. The van der Waals surface area contributed by atoms with E-state index < -0.39 is 0 Å². The van der Waals surface area contributed by atoms with Crippen LogP contribution in [0.5, 0.6) is 0 Å². The van der Waals surface area contributed by atoms with Crippen molar-refractivity contribution in [3.63, 3.8) is 0 Å². The fourth-order valence-electron chi connectivity index (χ4n) is 2.60. The first-order chi connectivity index (χ1) is 13.4. The fraction of sp³-hybridized carbons (Fsp3) is 0.278. The van der Waals surface area contributed by atoms with Crippen molar-refractivity contribution in [1.82, 2.24) is 24.9 Å². The van der Waals surface area contributed by atoms with Gasteiger partial charge in [0.05, 0.1) is 24.1 Å². The highest BCUT2D eigenvalue weighted by Gasteiger charge is 2.10. The minimum Gasteiger partial charge on any atom is -0.362 e. The van der Waals surface area contributed by atoms with Crippen molar-refractivity contribution >= 4 is 57.8 Å². The third kappa shape index (κ3) is 5.38. The highest BCUT2D eigenvalue weighted by molar-refractivity contribution is 7.80. The van der Waals surface area contributed by atoms with Crippen molar-refractivity contribution < 1.29 is 0 Å². The molecule has 2 aromatic heterocycles. The van der Waals surface area contributed by atoms with E-state index in [1.807, 2.05) is 37.4 Å². The van der Waals surface area contributed by atoms with E-state index in [1.165, 1.54) is 0 Å². The van der Waals surface area contributed by atoms with Gasteiger partial charge < -0.3 is 10.6 Å². The number of thiocarbonyl (C=S) groups is 1. The molecule has 3 rings (SSSR count). The molecule has 10 heteroatoms. The SMILES string of the molecule is Cc1nn(CCCNC(=S)Nc2cnn(Cc3ccccc3Cl)c2)c(Cl)c1Cl. The van der Waals surface area contributed by atoms with Crippen LogP contribution in [0.3, 0.4) is 0 Å². The second-order valence-corrected chi connectivity index (χ2v) is 7.72. The predicted molar refractivity (Wildman–Crippen MR) is 119 cm³/mol. The van der Waals surface area contributed by atoms with Crippen molar-refractivity contribution in [3.05, 3.63) is 63.1 Å². The number of hydrogen-bond donors (Lipinski definition) is 2. The Balaban J connectivity index is 1.43. The third-order valence-corrected chi connectivity index (χ3v) is 5.56. The Morgan fingerprint density at radius 1 is 1.21 bits per heavy atom. The molecule has 2 heterocycles. The van der Waals surface area contributed by atoms with Gasteiger partial charge in [-0.15, -0.1) is 0 Å². The van der Waals surface area contributed by atoms with Gasteiger partial charge in [0.15, 0.2) is 5.11 Å². The third-order valence-electron chi connectivity index (χ3n) is 4.01. The lowest BCUT2D eigenvalue weighted by atomic mass is 10.2. The highest BCUT2D eigenvalue weighted by Crippen LogP contribution is 2.24. The first kappa shape index (κ1) is 20.9. The number of rotatable bonds is 7. The Hall–Kier alpha value is -1.80. The molecule has 28 heavy (non-hydrogen) atoms. The van der Waals surface area contributed by atoms with E-state index in [-0.39, 0.29) is 0 Å². The molecular weight excluding hydrogens is 439 g/mol. The number of aryl methyl sites for hydroxylation is 2. The van der Waals surface area contributed by atoms with Crippen LogP contribution in [0.1, 0.15) is 17.7 Å². The molecule has 148 valence electrons. The molecule has 1 aromatic carbocycles. The zero-order chi connectivity index (χ0) is 20.1. The van der Waals surface area contributed by atoms with E-state index >= 15 is 0 Å². The maximum atomic E-state index is 6.19. The van der Waals surface area contributed by atoms with Crippen LogP contribution < -0.4 is 10.6 Å². The largest absolute Gasteiger partial charge is 0.362 e. The standard InChI is InChI=1S/C18H19Cl3N6S/c1-12-16(20)17(21)27(25-12)8-4-7-22-18(28)24-14-9-23-26(11-14)10-13-5-2-3-6-15(13)19/h2-3,5-6,9,11H,4,7-8,10H2,1H3,(H2,22,24,28). The van der Waals surface area contributed by atoms with Crippen molar-refractivity contribution in [3.8, 4) is 0 Å². The van der Waals surface area contributed by atoms with E-state index in [0.29, 0.717) is 34.9 Å². The van der Waals surface area contributed by atoms with Gasteiger partial charge in [0.25, 0.3) is 0 Å². The van der Waals surface area contributed by atoms with Gasteiger partial charge in [0.1, 0.15) is 10.2 Å². The summed E-state index contributed by atoms with van der Waals surface area (Å²) >= 11 is 23.7. The second kappa shape index (κ2) is 9.60. The Kier molecular flexibility index (Phi) is 7.18. The summed E-state index contributed by atoms with van der Waals surface area (Å²) in [5, 5.41) is 17.1. The van der Waals surface area contributed by atoms with Crippen LogP contribution in [-0.4, -0.2) is 31.2 Å². The maximum absolute atomic E-state index is 6.19. The molecule has 2 N–H and O–H groups in total. The van der Waals surface area contributed by atoms with Gasteiger partial charge >= 0.3 is 0 Å². The lowest BCUT2D eigenvalue weighted by Gasteiger charge is -2.09. The number of nitrogens with one attached hydrogen (secondary N) is 2. The van der Waals surface area contributed by atoms with Crippen LogP contribution in [0.25, 0.3) is 0 Å². The first-order valence-electron chi connectivity index (χ1n) is 8.63. The van der Waals surface area contributed by atoms with Crippen LogP contribution in [0.4, 0.5) is 5.69 Å². The van der Waals surface area contributed by atoms with Crippen LogP contribution >= 0.6 is 47.0 Å². The van der Waals surface area contributed by atoms with Gasteiger partial charge in [0, 0.05) is 24.3 Å². The predicted octanol–water partition coefficient (Wildman–Crippen LogP) is 4.77. The zero-order valence-corrected chi connectivity index (χ0v) is 18.2. The summed E-state index contributed by atoms with van der Waals surface area (Å²) in [6.45, 7) is 3.74. The lowest BCUT2D eigenvalue weighted by Crippen LogP contribution is -2.29. The normalized spacial score (nSPS) is 10.9. The van der Waals surface area contributed by atoms with Gasteiger partial charge in [-0.3, -0.25) is 9.36 Å². The molecule has 0 fully saturated rings. The summed E-state index contributed by atoms with van der Waals surface area (Å²) in [6.07, 6.45) is 4.40. The average molecular weight is 458 g/mol.